The molecule has 2 bridgehead atoms. The highest BCUT2D eigenvalue weighted by Gasteiger charge is 2.45. The van der Waals surface area contributed by atoms with E-state index < -0.39 is 0 Å². The zero-order valence-electron chi connectivity index (χ0n) is 11.0. The minimum atomic E-state index is 0.367. The molecule has 3 rings (SSSR count). The summed E-state index contributed by atoms with van der Waals surface area (Å²) in [4.78, 5) is 12.7. The van der Waals surface area contributed by atoms with Crippen LogP contribution in [0.1, 0.15) is 58.3 Å². The standard InChI is InChI=1S/C15H25NO/c1-2-10-5-3-4-6-12(10)15(17)13-9-11-7-8-14(13)16-11/h10-14,16H,2-9H2,1H3. The summed E-state index contributed by atoms with van der Waals surface area (Å²) in [5, 5.41) is 3.61. The smallest absolute Gasteiger partial charge is 0.140 e. The molecule has 0 aromatic heterocycles. The van der Waals surface area contributed by atoms with Gasteiger partial charge in [-0.05, 0) is 38.0 Å². The lowest BCUT2D eigenvalue weighted by atomic mass is 9.70. The average molecular weight is 235 g/mol. The van der Waals surface area contributed by atoms with Gasteiger partial charge in [0.25, 0.3) is 0 Å². The highest BCUT2D eigenvalue weighted by atomic mass is 16.1. The predicted molar refractivity (Wildman–Crippen MR) is 68.8 cm³/mol. The normalized spacial score (nSPS) is 45.1. The second kappa shape index (κ2) is 4.72. The molecule has 0 aromatic carbocycles. The molecule has 2 heteroatoms. The van der Waals surface area contributed by atoms with Crippen molar-refractivity contribution in [2.45, 2.75) is 70.4 Å². The van der Waals surface area contributed by atoms with Crippen LogP contribution < -0.4 is 5.32 Å². The van der Waals surface area contributed by atoms with Gasteiger partial charge in [-0.2, -0.15) is 0 Å². The third-order valence-corrected chi connectivity index (χ3v) is 5.46. The number of Topliss-reactive ketones (excluding diaryl/α,β-unsaturated/α-hetero) is 1. The van der Waals surface area contributed by atoms with E-state index in [1.54, 1.807) is 0 Å². The summed E-state index contributed by atoms with van der Waals surface area (Å²) in [7, 11) is 0. The molecule has 3 aliphatic rings. The lowest BCUT2D eigenvalue weighted by Gasteiger charge is -2.33. The molecule has 2 nitrogen and oxygen atoms in total. The van der Waals surface area contributed by atoms with Crippen molar-refractivity contribution in [3.8, 4) is 0 Å². The lowest BCUT2D eigenvalue weighted by molar-refractivity contribution is -0.130. The maximum atomic E-state index is 12.7. The third kappa shape index (κ3) is 2.05. The maximum absolute atomic E-state index is 12.7. The first-order chi connectivity index (χ1) is 8.29. The summed E-state index contributed by atoms with van der Waals surface area (Å²) < 4.78 is 0. The van der Waals surface area contributed by atoms with Crippen LogP contribution in [-0.2, 0) is 4.79 Å². The first kappa shape index (κ1) is 11.7. The van der Waals surface area contributed by atoms with Crippen LogP contribution in [0.25, 0.3) is 0 Å². The minimum Gasteiger partial charge on any atom is -0.310 e. The van der Waals surface area contributed by atoms with Crippen LogP contribution in [0.2, 0.25) is 0 Å². The Balaban J connectivity index is 1.68. The monoisotopic (exact) mass is 235 g/mol. The van der Waals surface area contributed by atoms with Crippen LogP contribution >= 0.6 is 0 Å². The first-order valence-corrected chi connectivity index (χ1v) is 7.59. The molecule has 1 saturated carbocycles. The molecule has 0 amide bonds. The number of nitrogens with one attached hydrogen (secondary N) is 1. The highest BCUT2D eigenvalue weighted by Crippen LogP contribution is 2.40. The zero-order chi connectivity index (χ0) is 11.8. The van der Waals surface area contributed by atoms with Gasteiger partial charge in [-0.25, -0.2) is 0 Å². The summed E-state index contributed by atoms with van der Waals surface area (Å²) in [6.45, 7) is 2.26. The van der Waals surface area contributed by atoms with Gasteiger partial charge in [-0.15, -0.1) is 0 Å². The van der Waals surface area contributed by atoms with E-state index in [0.717, 1.165) is 6.42 Å². The number of ketones is 1. The van der Waals surface area contributed by atoms with Crippen LogP contribution in [0.15, 0.2) is 0 Å². The van der Waals surface area contributed by atoms with Crippen LogP contribution in [0, 0.1) is 17.8 Å². The van der Waals surface area contributed by atoms with Gasteiger partial charge in [0.1, 0.15) is 5.78 Å². The summed E-state index contributed by atoms with van der Waals surface area (Å²) >= 11 is 0. The fourth-order valence-electron chi connectivity index (χ4n) is 4.48. The van der Waals surface area contributed by atoms with Crippen molar-refractivity contribution in [1.29, 1.82) is 0 Å². The molecule has 0 aromatic rings. The Morgan fingerprint density at radius 2 is 1.94 bits per heavy atom. The summed E-state index contributed by atoms with van der Waals surface area (Å²) in [6, 6.07) is 1.20. The van der Waals surface area contributed by atoms with E-state index in [4.69, 9.17) is 0 Å². The number of hydrogen-bond acceptors (Lipinski definition) is 2. The fraction of sp³-hybridized carbons (Fsp3) is 0.933. The van der Waals surface area contributed by atoms with Crippen LogP contribution in [0.5, 0.6) is 0 Å². The van der Waals surface area contributed by atoms with Crippen LogP contribution in [0.4, 0.5) is 0 Å². The topological polar surface area (TPSA) is 29.1 Å². The molecule has 3 fully saturated rings. The largest absolute Gasteiger partial charge is 0.310 e. The summed E-state index contributed by atoms with van der Waals surface area (Å²) in [5.74, 6) is 2.08. The second-order valence-electron chi connectivity index (χ2n) is 6.35. The van der Waals surface area contributed by atoms with E-state index in [2.05, 4.69) is 12.2 Å². The molecule has 5 unspecified atom stereocenters. The Morgan fingerprint density at radius 1 is 1.12 bits per heavy atom. The Morgan fingerprint density at radius 3 is 2.59 bits per heavy atom. The molecular formula is C15H25NO. The van der Waals surface area contributed by atoms with E-state index in [0.29, 0.717) is 35.6 Å². The van der Waals surface area contributed by atoms with E-state index in [9.17, 15) is 4.79 Å². The van der Waals surface area contributed by atoms with Crippen molar-refractivity contribution < 1.29 is 4.79 Å². The van der Waals surface area contributed by atoms with E-state index in [1.807, 2.05) is 0 Å². The minimum absolute atomic E-state index is 0.367. The second-order valence-corrected chi connectivity index (χ2v) is 6.35. The molecule has 5 atom stereocenters. The number of hydrogen-bond donors (Lipinski definition) is 1. The van der Waals surface area contributed by atoms with Gasteiger partial charge in [0.2, 0.25) is 0 Å². The SMILES string of the molecule is CCC1CCCCC1C(=O)C1CC2CCC1N2. The van der Waals surface area contributed by atoms with Crippen molar-refractivity contribution in [3.63, 3.8) is 0 Å². The fourth-order valence-corrected chi connectivity index (χ4v) is 4.48. The van der Waals surface area contributed by atoms with Crippen LogP contribution in [0.3, 0.4) is 0 Å². The molecule has 0 spiro atoms. The van der Waals surface area contributed by atoms with E-state index in [-0.39, 0.29) is 0 Å². The Kier molecular flexibility index (Phi) is 3.25. The first-order valence-electron chi connectivity index (χ1n) is 7.59. The Bertz CT molecular complexity index is 301. The average Bonchev–Trinajstić information content (AvgIpc) is 3.00. The van der Waals surface area contributed by atoms with Crippen molar-refractivity contribution in [2.24, 2.45) is 17.8 Å². The number of fused-ring (bicyclic) bond motifs is 2. The molecule has 2 saturated heterocycles. The lowest BCUT2D eigenvalue weighted by Crippen LogP contribution is -2.37. The highest BCUT2D eigenvalue weighted by molar-refractivity contribution is 5.85. The van der Waals surface area contributed by atoms with Crippen molar-refractivity contribution in [2.75, 3.05) is 0 Å². The molecule has 2 heterocycles. The van der Waals surface area contributed by atoms with Gasteiger partial charge in [0.05, 0.1) is 0 Å². The van der Waals surface area contributed by atoms with Crippen LogP contribution in [-0.4, -0.2) is 17.9 Å². The van der Waals surface area contributed by atoms with Gasteiger partial charge in [-0.1, -0.05) is 26.2 Å². The van der Waals surface area contributed by atoms with E-state index >= 15 is 0 Å². The number of carbonyl (C=O) groups is 1. The molecular weight excluding hydrogens is 210 g/mol. The predicted octanol–water partition coefficient (Wildman–Crippen LogP) is 2.91. The van der Waals surface area contributed by atoms with Crippen molar-refractivity contribution >= 4 is 5.78 Å². The molecule has 2 aliphatic heterocycles. The van der Waals surface area contributed by atoms with Gasteiger partial charge < -0.3 is 5.32 Å². The molecule has 96 valence electrons. The Labute approximate surface area is 105 Å². The maximum Gasteiger partial charge on any atom is 0.140 e. The third-order valence-electron chi connectivity index (χ3n) is 5.46. The van der Waals surface area contributed by atoms with Crippen molar-refractivity contribution in [1.82, 2.24) is 5.32 Å². The molecule has 0 radical (unpaired) electrons. The quantitative estimate of drug-likeness (QED) is 0.815. The zero-order valence-corrected chi connectivity index (χ0v) is 11.0. The van der Waals surface area contributed by atoms with Gasteiger partial charge in [-0.3, -0.25) is 4.79 Å². The number of rotatable bonds is 3. The van der Waals surface area contributed by atoms with Gasteiger partial charge in [0, 0.05) is 23.9 Å². The Hall–Kier alpha value is -0.370. The van der Waals surface area contributed by atoms with Gasteiger partial charge >= 0.3 is 0 Å². The summed E-state index contributed by atoms with van der Waals surface area (Å²) in [5.41, 5.74) is 0. The summed E-state index contributed by atoms with van der Waals surface area (Å²) in [6.07, 6.45) is 9.97. The van der Waals surface area contributed by atoms with E-state index in [1.165, 1.54) is 44.9 Å². The molecule has 1 N–H and O–H groups in total. The molecule has 1 aliphatic carbocycles. The molecule has 17 heavy (non-hydrogen) atoms. The van der Waals surface area contributed by atoms with Gasteiger partial charge in [0.15, 0.2) is 0 Å². The van der Waals surface area contributed by atoms with Crippen molar-refractivity contribution in [3.05, 3.63) is 0 Å². The number of carbonyl (C=O) groups excluding carboxylic acids is 1.